The van der Waals surface area contributed by atoms with Crippen LogP contribution in [0.3, 0.4) is 0 Å². The van der Waals surface area contributed by atoms with Crippen molar-refractivity contribution >= 4 is 7.25 Å². The third-order valence-electron chi connectivity index (χ3n) is 1.57. The number of aromatic nitrogens is 1. The number of H-pyrrole nitrogens is 1. The van der Waals surface area contributed by atoms with Crippen LogP contribution in [-0.4, -0.2) is 7.25 Å². The van der Waals surface area contributed by atoms with Crippen LogP contribution in [0, 0.1) is 20.8 Å². The Bertz CT molecular complexity index is 292. The smallest absolute Gasteiger partial charge is 0.418 e. The maximum atomic E-state index is 9.75. The molecule has 0 bridgehead atoms. The number of pyridine rings is 1. The lowest BCUT2D eigenvalue weighted by atomic mass is 10.2. The number of rotatable bonds is 0. The topological polar surface area (TPSA) is 14.1 Å². The molecule has 0 spiro atoms. The number of aromatic amines is 1. The summed E-state index contributed by atoms with van der Waals surface area (Å²) in [5.74, 6) is 0. The molecule has 0 radical (unpaired) electrons. The molecule has 0 amide bonds. The summed E-state index contributed by atoms with van der Waals surface area (Å²) in [6.45, 7) is 6.29. The first-order valence-electron chi connectivity index (χ1n) is 4.03. The molecule has 0 saturated carbocycles. The summed E-state index contributed by atoms with van der Waals surface area (Å²) < 4.78 is 39.0. The zero-order chi connectivity index (χ0) is 11.4. The predicted molar refractivity (Wildman–Crippen MR) is 47.4 cm³/mol. The van der Waals surface area contributed by atoms with Crippen molar-refractivity contribution in [2.45, 2.75) is 20.8 Å². The molecule has 0 unspecified atom stereocenters. The number of nitrogens with one attached hydrogen (secondary N) is 1. The Morgan fingerprint density at radius 2 is 1.43 bits per heavy atom. The van der Waals surface area contributed by atoms with Gasteiger partial charge in [0.15, 0.2) is 11.9 Å². The molecule has 0 aliphatic rings. The van der Waals surface area contributed by atoms with Gasteiger partial charge < -0.3 is 17.3 Å². The van der Waals surface area contributed by atoms with E-state index in [1.165, 1.54) is 16.8 Å². The van der Waals surface area contributed by atoms with Crippen molar-refractivity contribution in [2.24, 2.45) is 0 Å². The van der Waals surface area contributed by atoms with E-state index in [-0.39, 0.29) is 0 Å². The zero-order valence-electron chi connectivity index (χ0n) is 8.24. The quantitative estimate of drug-likeness (QED) is 0.460. The van der Waals surface area contributed by atoms with Crippen molar-refractivity contribution in [1.82, 2.24) is 0 Å². The Morgan fingerprint density at radius 3 is 1.71 bits per heavy atom. The molecular formula is C8H12BF4N. The first kappa shape index (κ1) is 12.9. The van der Waals surface area contributed by atoms with E-state index in [9.17, 15) is 17.3 Å². The van der Waals surface area contributed by atoms with Gasteiger partial charge in [-0.05, 0) is 19.4 Å². The van der Waals surface area contributed by atoms with Crippen LogP contribution in [0.4, 0.5) is 17.3 Å². The SMILES string of the molecule is Cc1cc(C)c(C)c[nH+]1.F[B-](F)(F)F. The van der Waals surface area contributed by atoms with E-state index in [4.69, 9.17) is 0 Å². The Kier molecular flexibility index (Phi) is 4.60. The molecule has 6 heteroatoms. The second kappa shape index (κ2) is 4.98. The van der Waals surface area contributed by atoms with Crippen LogP contribution in [0.1, 0.15) is 16.8 Å². The van der Waals surface area contributed by atoms with Gasteiger partial charge in [0.25, 0.3) is 0 Å². The minimum atomic E-state index is -6.00. The molecule has 80 valence electrons. The van der Waals surface area contributed by atoms with Gasteiger partial charge >= 0.3 is 7.25 Å². The molecule has 0 saturated heterocycles. The van der Waals surface area contributed by atoms with Crippen molar-refractivity contribution in [3.05, 3.63) is 29.1 Å². The van der Waals surface area contributed by atoms with Crippen LogP contribution < -0.4 is 4.98 Å². The molecule has 1 N–H and O–H groups in total. The van der Waals surface area contributed by atoms with Crippen molar-refractivity contribution in [3.63, 3.8) is 0 Å². The van der Waals surface area contributed by atoms with Crippen LogP contribution in [-0.2, 0) is 0 Å². The molecule has 1 nitrogen and oxygen atoms in total. The average Bonchev–Trinajstić information content (AvgIpc) is 1.94. The first-order chi connectivity index (χ1) is 6.20. The van der Waals surface area contributed by atoms with Gasteiger partial charge in [-0.1, -0.05) is 0 Å². The van der Waals surface area contributed by atoms with Gasteiger partial charge in [-0.25, -0.2) is 4.98 Å². The van der Waals surface area contributed by atoms with Crippen molar-refractivity contribution in [1.29, 1.82) is 0 Å². The molecule has 0 aliphatic carbocycles. The van der Waals surface area contributed by atoms with E-state index >= 15 is 0 Å². The zero-order valence-corrected chi connectivity index (χ0v) is 8.24. The molecule has 14 heavy (non-hydrogen) atoms. The highest BCUT2D eigenvalue weighted by Crippen LogP contribution is 2.06. The molecule has 1 rings (SSSR count). The fourth-order valence-electron chi connectivity index (χ4n) is 0.816. The summed E-state index contributed by atoms with van der Waals surface area (Å²) in [6, 6.07) is 2.15. The highest BCUT2D eigenvalue weighted by molar-refractivity contribution is 6.50. The van der Waals surface area contributed by atoms with Crippen LogP contribution in [0.25, 0.3) is 0 Å². The number of halogens is 4. The van der Waals surface area contributed by atoms with Gasteiger partial charge in [0.2, 0.25) is 0 Å². The average molecular weight is 209 g/mol. The molecular weight excluding hydrogens is 197 g/mol. The van der Waals surface area contributed by atoms with Crippen LogP contribution in [0.2, 0.25) is 0 Å². The molecule has 0 aliphatic heterocycles. The van der Waals surface area contributed by atoms with E-state index in [1.807, 2.05) is 6.20 Å². The maximum absolute atomic E-state index is 9.75. The highest BCUT2D eigenvalue weighted by Gasteiger charge is 2.20. The maximum Gasteiger partial charge on any atom is 0.673 e. The summed E-state index contributed by atoms with van der Waals surface area (Å²) >= 11 is 0. The summed E-state index contributed by atoms with van der Waals surface area (Å²) in [5, 5.41) is 0. The molecule has 0 aromatic carbocycles. The number of aryl methyl sites for hydroxylation is 3. The monoisotopic (exact) mass is 209 g/mol. The lowest BCUT2D eigenvalue weighted by Gasteiger charge is -1.94. The fraction of sp³-hybridized carbons (Fsp3) is 0.375. The third kappa shape index (κ3) is 7.58. The van der Waals surface area contributed by atoms with E-state index < -0.39 is 7.25 Å². The largest absolute Gasteiger partial charge is 0.673 e. The Hall–Kier alpha value is -1.07. The summed E-state index contributed by atoms with van der Waals surface area (Å²) in [4.78, 5) is 3.14. The number of hydrogen-bond acceptors (Lipinski definition) is 0. The van der Waals surface area contributed by atoms with E-state index in [0.29, 0.717) is 0 Å². The fourth-order valence-corrected chi connectivity index (χ4v) is 0.816. The second-order valence-corrected chi connectivity index (χ2v) is 2.98. The summed E-state index contributed by atoms with van der Waals surface area (Å²) in [5.41, 5.74) is 3.89. The lowest BCUT2D eigenvalue weighted by molar-refractivity contribution is -0.388. The van der Waals surface area contributed by atoms with Gasteiger partial charge in [-0.3, -0.25) is 0 Å². The standard InChI is InChI=1S/C8H11N.BF4/c1-6-4-8(3)9-5-7(6)2;2-1(3,4)5/h4-5H,1-3H3;/q;-1/p+1. The molecule has 1 heterocycles. The minimum absolute atomic E-state index is 1.22. The molecule has 1 aromatic rings. The van der Waals surface area contributed by atoms with E-state index in [2.05, 4.69) is 31.8 Å². The molecule has 1 aromatic heterocycles. The van der Waals surface area contributed by atoms with Crippen LogP contribution >= 0.6 is 0 Å². The van der Waals surface area contributed by atoms with Gasteiger partial charge in [0, 0.05) is 18.6 Å². The highest BCUT2D eigenvalue weighted by atomic mass is 19.5. The van der Waals surface area contributed by atoms with Crippen LogP contribution in [0.15, 0.2) is 12.3 Å². The number of hydrogen-bond donors (Lipinski definition) is 0. The summed E-state index contributed by atoms with van der Waals surface area (Å²) in [7, 11) is -6.00. The van der Waals surface area contributed by atoms with Crippen molar-refractivity contribution in [3.8, 4) is 0 Å². The van der Waals surface area contributed by atoms with Gasteiger partial charge in [0.05, 0.1) is 0 Å². The van der Waals surface area contributed by atoms with Gasteiger partial charge in [0.1, 0.15) is 0 Å². The van der Waals surface area contributed by atoms with Gasteiger partial charge in [-0.15, -0.1) is 0 Å². The lowest BCUT2D eigenvalue weighted by Crippen LogP contribution is -2.07. The third-order valence-corrected chi connectivity index (χ3v) is 1.57. The van der Waals surface area contributed by atoms with E-state index in [1.54, 1.807) is 0 Å². The van der Waals surface area contributed by atoms with Crippen molar-refractivity contribution in [2.75, 3.05) is 0 Å². The van der Waals surface area contributed by atoms with Gasteiger partial charge in [-0.2, -0.15) is 0 Å². The Balaban J connectivity index is 0.000000292. The molecule has 0 atom stereocenters. The van der Waals surface area contributed by atoms with Crippen molar-refractivity contribution < 1.29 is 22.2 Å². The Morgan fingerprint density at radius 1 is 1.00 bits per heavy atom. The van der Waals surface area contributed by atoms with E-state index in [0.717, 1.165) is 0 Å². The summed E-state index contributed by atoms with van der Waals surface area (Å²) in [6.07, 6.45) is 2.03. The normalized spacial score (nSPS) is 10.5. The van der Waals surface area contributed by atoms with Crippen LogP contribution in [0.5, 0.6) is 0 Å². The predicted octanol–water partition coefficient (Wildman–Crippen LogP) is 2.73. The molecule has 0 fully saturated rings. The minimum Gasteiger partial charge on any atom is -0.418 e. The Labute approximate surface area is 80.3 Å². The first-order valence-corrected chi connectivity index (χ1v) is 4.03. The second-order valence-electron chi connectivity index (χ2n) is 2.98.